The van der Waals surface area contributed by atoms with Crippen LogP contribution >= 0.6 is 11.3 Å². The van der Waals surface area contributed by atoms with Crippen LogP contribution in [-0.2, 0) is 11.3 Å². The minimum Gasteiger partial charge on any atom is -0.383 e. The quantitative estimate of drug-likeness (QED) is 0.873. The van der Waals surface area contributed by atoms with Crippen LogP contribution in [0.2, 0.25) is 0 Å². The molecular formula is C17H22N2O2S. The molecule has 0 atom stereocenters. The lowest BCUT2D eigenvalue weighted by Gasteiger charge is -2.22. The molecule has 0 saturated heterocycles. The van der Waals surface area contributed by atoms with Crippen LogP contribution < -0.4 is 5.32 Å². The second-order valence-corrected chi connectivity index (χ2v) is 6.06. The molecule has 0 spiro atoms. The van der Waals surface area contributed by atoms with Gasteiger partial charge in [0.25, 0.3) is 0 Å². The highest BCUT2D eigenvalue weighted by atomic mass is 32.1. The van der Waals surface area contributed by atoms with E-state index in [1.807, 2.05) is 36.6 Å². The lowest BCUT2D eigenvalue weighted by atomic mass is 10.1. The van der Waals surface area contributed by atoms with E-state index in [4.69, 9.17) is 4.74 Å². The molecule has 0 fully saturated rings. The van der Waals surface area contributed by atoms with Crippen molar-refractivity contribution in [3.8, 4) is 0 Å². The van der Waals surface area contributed by atoms with E-state index in [9.17, 15) is 4.79 Å². The summed E-state index contributed by atoms with van der Waals surface area (Å²) in [6.07, 6.45) is 0. The molecule has 0 saturated carbocycles. The molecule has 2 aromatic rings. The Hall–Kier alpha value is -1.85. The number of nitrogens with zero attached hydrogens (tertiary/aromatic N) is 1. The fraction of sp³-hybridized carbons (Fsp3) is 0.353. The SMILES string of the molecule is COCCN(Cc1ccsc1)C(=O)Nc1ccc(C)c(C)c1. The lowest BCUT2D eigenvalue weighted by molar-refractivity contribution is 0.153. The van der Waals surface area contributed by atoms with Gasteiger partial charge in [-0.2, -0.15) is 11.3 Å². The predicted molar refractivity (Wildman–Crippen MR) is 91.5 cm³/mol. The van der Waals surface area contributed by atoms with E-state index in [2.05, 4.69) is 17.6 Å². The normalized spacial score (nSPS) is 10.5. The summed E-state index contributed by atoms with van der Waals surface area (Å²) in [5.41, 5.74) is 4.34. The largest absolute Gasteiger partial charge is 0.383 e. The summed E-state index contributed by atoms with van der Waals surface area (Å²) in [6, 6.07) is 7.87. The van der Waals surface area contributed by atoms with Crippen LogP contribution in [0.1, 0.15) is 16.7 Å². The molecule has 4 nitrogen and oxygen atoms in total. The molecule has 0 aliphatic carbocycles. The minimum atomic E-state index is -0.105. The number of anilines is 1. The van der Waals surface area contributed by atoms with Crippen LogP contribution in [0.5, 0.6) is 0 Å². The van der Waals surface area contributed by atoms with Gasteiger partial charge in [0.1, 0.15) is 0 Å². The van der Waals surface area contributed by atoms with Crippen molar-refractivity contribution >= 4 is 23.1 Å². The van der Waals surface area contributed by atoms with Crippen molar-refractivity contribution in [2.45, 2.75) is 20.4 Å². The van der Waals surface area contributed by atoms with Gasteiger partial charge in [0.15, 0.2) is 0 Å². The lowest BCUT2D eigenvalue weighted by Crippen LogP contribution is -2.36. The van der Waals surface area contributed by atoms with Gasteiger partial charge in [-0.1, -0.05) is 6.07 Å². The van der Waals surface area contributed by atoms with Gasteiger partial charge >= 0.3 is 6.03 Å². The average molecular weight is 318 g/mol. The topological polar surface area (TPSA) is 41.6 Å². The van der Waals surface area contributed by atoms with E-state index in [0.29, 0.717) is 19.7 Å². The minimum absolute atomic E-state index is 0.105. The summed E-state index contributed by atoms with van der Waals surface area (Å²) < 4.78 is 5.11. The van der Waals surface area contributed by atoms with Gasteiger partial charge < -0.3 is 15.0 Å². The molecular weight excluding hydrogens is 296 g/mol. The molecule has 1 heterocycles. The standard InChI is InChI=1S/C17H22N2O2S/c1-13-4-5-16(10-14(13)2)18-17(20)19(7-8-21-3)11-15-6-9-22-12-15/h4-6,9-10,12H,7-8,11H2,1-3H3,(H,18,20). The molecule has 5 heteroatoms. The van der Waals surface area contributed by atoms with Gasteiger partial charge in [0.05, 0.1) is 6.61 Å². The molecule has 1 aromatic carbocycles. The fourth-order valence-electron chi connectivity index (χ4n) is 2.08. The van der Waals surface area contributed by atoms with Crippen molar-refractivity contribution in [3.63, 3.8) is 0 Å². The highest BCUT2D eigenvalue weighted by Gasteiger charge is 2.14. The monoisotopic (exact) mass is 318 g/mol. The number of urea groups is 1. The number of rotatable bonds is 6. The Bertz CT molecular complexity index is 611. The van der Waals surface area contributed by atoms with Crippen LogP contribution in [0.4, 0.5) is 10.5 Å². The summed E-state index contributed by atoms with van der Waals surface area (Å²) in [5, 5.41) is 7.04. The first-order valence-corrected chi connectivity index (χ1v) is 8.17. The molecule has 2 rings (SSSR count). The Morgan fingerprint density at radius 3 is 2.73 bits per heavy atom. The zero-order valence-corrected chi connectivity index (χ0v) is 14.1. The molecule has 0 aliphatic rings. The Kier molecular flexibility index (Phi) is 5.98. The molecule has 0 radical (unpaired) electrons. The number of nitrogens with one attached hydrogen (secondary N) is 1. The maximum Gasteiger partial charge on any atom is 0.322 e. The summed E-state index contributed by atoms with van der Waals surface area (Å²) in [6.45, 7) is 5.76. The number of benzene rings is 1. The van der Waals surface area contributed by atoms with Crippen molar-refractivity contribution in [2.75, 3.05) is 25.6 Å². The first-order chi connectivity index (χ1) is 10.6. The molecule has 0 aliphatic heterocycles. The van der Waals surface area contributed by atoms with Gasteiger partial charge in [0.2, 0.25) is 0 Å². The summed E-state index contributed by atoms with van der Waals surface area (Å²) >= 11 is 1.64. The van der Waals surface area contributed by atoms with Crippen molar-refractivity contribution in [1.29, 1.82) is 0 Å². The van der Waals surface area contributed by atoms with E-state index in [-0.39, 0.29) is 6.03 Å². The molecule has 2 amide bonds. The van der Waals surface area contributed by atoms with E-state index < -0.39 is 0 Å². The molecule has 1 aromatic heterocycles. The Morgan fingerprint density at radius 2 is 2.09 bits per heavy atom. The summed E-state index contributed by atoms with van der Waals surface area (Å²) in [5.74, 6) is 0. The van der Waals surface area contributed by atoms with E-state index in [1.54, 1.807) is 23.3 Å². The van der Waals surface area contributed by atoms with E-state index >= 15 is 0 Å². The number of hydrogen-bond acceptors (Lipinski definition) is 3. The third-order valence-corrected chi connectivity index (χ3v) is 4.30. The van der Waals surface area contributed by atoms with Gasteiger partial charge in [-0.05, 0) is 59.5 Å². The number of hydrogen-bond donors (Lipinski definition) is 1. The summed E-state index contributed by atoms with van der Waals surface area (Å²) in [4.78, 5) is 14.3. The van der Waals surface area contributed by atoms with E-state index in [0.717, 1.165) is 11.3 Å². The number of ether oxygens (including phenoxy) is 1. The molecule has 118 valence electrons. The molecule has 1 N–H and O–H groups in total. The smallest absolute Gasteiger partial charge is 0.322 e. The van der Waals surface area contributed by atoms with Crippen LogP contribution in [0.15, 0.2) is 35.0 Å². The number of thiophene rings is 1. The third kappa shape index (κ3) is 4.58. The third-order valence-electron chi connectivity index (χ3n) is 3.56. The first-order valence-electron chi connectivity index (χ1n) is 7.23. The maximum atomic E-state index is 12.5. The van der Waals surface area contributed by atoms with Crippen LogP contribution in [-0.4, -0.2) is 31.2 Å². The molecule has 0 bridgehead atoms. The Labute approximate surface area is 135 Å². The zero-order chi connectivity index (χ0) is 15.9. The highest BCUT2D eigenvalue weighted by Crippen LogP contribution is 2.16. The number of carbonyl (C=O) groups excluding carboxylic acids is 1. The zero-order valence-electron chi connectivity index (χ0n) is 13.3. The van der Waals surface area contributed by atoms with Crippen molar-refractivity contribution in [1.82, 2.24) is 4.90 Å². The maximum absolute atomic E-state index is 12.5. The van der Waals surface area contributed by atoms with Gasteiger partial charge in [0, 0.05) is 25.9 Å². The van der Waals surface area contributed by atoms with Gasteiger partial charge in [-0.15, -0.1) is 0 Å². The number of methoxy groups -OCH3 is 1. The second kappa shape index (κ2) is 7.96. The Morgan fingerprint density at radius 1 is 1.27 bits per heavy atom. The number of amides is 2. The molecule has 22 heavy (non-hydrogen) atoms. The first kappa shape index (κ1) is 16.5. The van der Waals surface area contributed by atoms with E-state index in [1.165, 1.54) is 11.1 Å². The summed E-state index contributed by atoms with van der Waals surface area (Å²) in [7, 11) is 1.64. The van der Waals surface area contributed by atoms with Crippen molar-refractivity contribution in [2.24, 2.45) is 0 Å². The second-order valence-electron chi connectivity index (χ2n) is 5.28. The fourth-order valence-corrected chi connectivity index (χ4v) is 2.74. The van der Waals surface area contributed by atoms with Crippen LogP contribution in [0, 0.1) is 13.8 Å². The van der Waals surface area contributed by atoms with Gasteiger partial charge in [-0.25, -0.2) is 4.79 Å². The van der Waals surface area contributed by atoms with Crippen molar-refractivity contribution < 1.29 is 9.53 Å². The number of aryl methyl sites for hydroxylation is 2. The Balaban J connectivity index is 2.05. The highest BCUT2D eigenvalue weighted by molar-refractivity contribution is 7.07. The number of carbonyl (C=O) groups is 1. The van der Waals surface area contributed by atoms with Gasteiger partial charge in [-0.3, -0.25) is 0 Å². The van der Waals surface area contributed by atoms with Crippen LogP contribution in [0.25, 0.3) is 0 Å². The van der Waals surface area contributed by atoms with Crippen LogP contribution in [0.3, 0.4) is 0 Å². The predicted octanol–water partition coefficient (Wildman–Crippen LogP) is 4.05. The molecule has 0 unspecified atom stereocenters. The average Bonchev–Trinajstić information content (AvgIpc) is 3.00. The van der Waals surface area contributed by atoms with Crippen molar-refractivity contribution in [3.05, 3.63) is 51.7 Å².